The normalized spacial score (nSPS) is 10.3. The number of hydrogen-bond acceptors (Lipinski definition) is 4. The molecule has 0 aliphatic carbocycles. The highest BCUT2D eigenvalue weighted by molar-refractivity contribution is 5.59. The minimum Gasteiger partial charge on any atom is -0.493 e. The number of nitrogens with two attached hydrogens (primary N) is 1. The van der Waals surface area contributed by atoms with Crippen LogP contribution in [0.4, 0.5) is 0 Å². The quantitative estimate of drug-likeness (QED) is 0.810. The molecule has 0 aromatic heterocycles. The molecule has 102 valence electrons. The zero-order valence-electron chi connectivity index (χ0n) is 11.7. The van der Waals surface area contributed by atoms with Crippen LogP contribution in [0.5, 0.6) is 17.2 Å². The molecule has 0 bridgehead atoms. The molecule has 0 fully saturated rings. The topological polar surface area (TPSA) is 53.7 Å². The fourth-order valence-corrected chi connectivity index (χ4v) is 1.94. The van der Waals surface area contributed by atoms with E-state index in [1.54, 1.807) is 14.2 Å². The van der Waals surface area contributed by atoms with Crippen molar-refractivity contribution in [1.29, 1.82) is 0 Å². The summed E-state index contributed by atoms with van der Waals surface area (Å²) in [5, 5.41) is 0. The van der Waals surface area contributed by atoms with E-state index < -0.39 is 0 Å². The van der Waals surface area contributed by atoms with Gasteiger partial charge in [-0.1, -0.05) is 6.92 Å². The molecular weight excluding hydrogens is 230 g/mol. The molecular formula is C14H23NO3. The zero-order valence-corrected chi connectivity index (χ0v) is 11.7. The van der Waals surface area contributed by atoms with Crippen molar-refractivity contribution < 1.29 is 14.2 Å². The van der Waals surface area contributed by atoms with Gasteiger partial charge in [-0.2, -0.15) is 0 Å². The lowest BCUT2D eigenvalue weighted by atomic mass is 10.0. The highest BCUT2D eigenvalue weighted by Crippen LogP contribution is 2.42. The summed E-state index contributed by atoms with van der Waals surface area (Å²) in [7, 11) is 3.28. The van der Waals surface area contributed by atoms with Gasteiger partial charge in [0.2, 0.25) is 5.75 Å². The summed E-state index contributed by atoms with van der Waals surface area (Å²) in [6.07, 6.45) is 1.70. The molecule has 1 aromatic carbocycles. The van der Waals surface area contributed by atoms with Gasteiger partial charge >= 0.3 is 0 Å². The van der Waals surface area contributed by atoms with Gasteiger partial charge in [-0.05, 0) is 37.9 Å². The SMILES string of the molecule is CCCOc1c(OC)cc(C)c(CCN)c1OC. The van der Waals surface area contributed by atoms with Crippen molar-refractivity contribution >= 4 is 0 Å². The standard InChI is InChI=1S/C14H23NO3/c1-5-8-18-14-12(16-3)9-10(2)11(6-7-15)13(14)17-4/h9H,5-8,15H2,1-4H3. The Morgan fingerprint density at radius 3 is 2.39 bits per heavy atom. The Hall–Kier alpha value is -1.42. The third-order valence-electron chi connectivity index (χ3n) is 2.80. The molecule has 4 heteroatoms. The predicted molar refractivity (Wildman–Crippen MR) is 72.8 cm³/mol. The van der Waals surface area contributed by atoms with E-state index in [1.165, 1.54) is 0 Å². The molecule has 18 heavy (non-hydrogen) atoms. The van der Waals surface area contributed by atoms with Crippen molar-refractivity contribution in [2.75, 3.05) is 27.4 Å². The van der Waals surface area contributed by atoms with E-state index in [0.717, 1.165) is 29.7 Å². The molecule has 2 N–H and O–H groups in total. The average molecular weight is 253 g/mol. The number of hydrogen-bond donors (Lipinski definition) is 1. The van der Waals surface area contributed by atoms with Gasteiger partial charge in [0.25, 0.3) is 0 Å². The van der Waals surface area contributed by atoms with Gasteiger partial charge < -0.3 is 19.9 Å². The summed E-state index contributed by atoms with van der Waals surface area (Å²) in [4.78, 5) is 0. The van der Waals surface area contributed by atoms with Crippen molar-refractivity contribution in [3.05, 3.63) is 17.2 Å². The van der Waals surface area contributed by atoms with Crippen LogP contribution in [-0.2, 0) is 6.42 Å². The van der Waals surface area contributed by atoms with Crippen LogP contribution in [0, 0.1) is 6.92 Å². The summed E-state index contributed by atoms with van der Waals surface area (Å²) in [6, 6.07) is 1.97. The summed E-state index contributed by atoms with van der Waals surface area (Å²) in [5.74, 6) is 2.13. The van der Waals surface area contributed by atoms with Gasteiger partial charge in [-0.15, -0.1) is 0 Å². The molecule has 0 aliphatic rings. The Labute approximate surface area is 109 Å². The zero-order chi connectivity index (χ0) is 13.5. The number of rotatable bonds is 7. The molecule has 0 atom stereocenters. The summed E-state index contributed by atoms with van der Waals surface area (Å²) in [5.41, 5.74) is 7.85. The third-order valence-corrected chi connectivity index (χ3v) is 2.80. The smallest absolute Gasteiger partial charge is 0.203 e. The van der Waals surface area contributed by atoms with E-state index in [1.807, 2.05) is 13.0 Å². The third kappa shape index (κ3) is 3.07. The maximum absolute atomic E-state index is 5.75. The molecule has 0 spiro atoms. The Kier molecular flexibility index (Phi) is 5.78. The van der Waals surface area contributed by atoms with Crippen LogP contribution in [0.2, 0.25) is 0 Å². The average Bonchev–Trinajstić information content (AvgIpc) is 2.38. The van der Waals surface area contributed by atoms with Crippen LogP contribution in [0.15, 0.2) is 6.07 Å². The molecule has 0 radical (unpaired) electrons. The Morgan fingerprint density at radius 1 is 1.17 bits per heavy atom. The lowest BCUT2D eigenvalue weighted by Gasteiger charge is -2.19. The molecule has 0 saturated heterocycles. The first kappa shape index (κ1) is 14.6. The van der Waals surface area contributed by atoms with Crippen molar-refractivity contribution in [2.24, 2.45) is 5.73 Å². The van der Waals surface area contributed by atoms with Crippen LogP contribution >= 0.6 is 0 Å². The minimum atomic E-state index is 0.580. The summed E-state index contributed by atoms with van der Waals surface area (Å²) < 4.78 is 16.6. The summed E-state index contributed by atoms with van der Waals surface area (Å²) >= 11 is 0. The second-order valence-electron chi connectivity index (χ2n) is 4.12. The van der Waals surface area contributed by atoms with Gasteiger partial charge in [0.1, 0.15) is 0 Å². The minimum absolute atomic E-state index is 0.580. The Bertz CT molecular complexity index is 391. The van der Waals surface area contributed by atoms with Crippen LogP contribution in [0.1, 0.15) is 24.5 Å². The fraction of sp³-hybridized carbons (Fsp3) is 0.571. The Morgan fingerprint density at radius 2 is 1.89 bits per heavy atom. The first-order valence-corrected chi connectivity index (χ1v) is 6.26. The second kappa shape index (κ2) is 7.11. The van der Waals surface area contributed by atoms with E-state index >= 15 is 0 Å². The monoisotopic (exact) mass is 253 g/mol. The van der Waals surface area contributed by atoms with Crippen LogP contribution in [0.3, 0.4) is 0 Å². The summed E-state index contributed by atoms with van der Waals surface area (Å²) in [6.45, 7) is 5.31. The van der Waals surface area contributed by atoms with E-state index in [2.05, 4.69) is 6.92 Å². The van der Waals surface area contributed by atoms with Crippen molar-refractivity contribution in [2.45, 2.75) is 26.7 Å². The first-order chi connectivity index (χ1) is 8.69. The molecule has 1 aromatic rings. The number of ether oxygens (including phenoxy) is 3. The Balaban J connectivity index is 3.28. The van der Waals surface area contributed by atoms with Crippen LogP contribution < -0.4 is 19.9 Å². The molecule has 0 aliphatic heterocycles. The van der Waals surface area contributed by atoms with Crippen LogP contribution in [-0.4, -0.2) is 27.4 Å². The second-order valence-corrected chi connectivity index (χ2v) is 4.12. The highest BCUT2D eigenvalue weighted by atomic mass is 16.5. The van der Waals surface area contributed by atoms with E-state index in [0.29, 0.717) is 24.7 Å². The largest absolute Gasteiger partial charge is 0.493 e. The van der Waals surface area contributed by atoms with Crippen molar-refractivity contribution in [3.63, 3.8) is 0 Å². The van der Waals surface area contributed by atoms with E-state index in [9.17, 15) is 0 Å². The number of aryl methyl sites for hydroxylation is 1. The lowest BCUT2D eigenvalue weighted by molar-refractivity contribution is 0.273. The maximum atomic E-state index is 5.75. The van der Waals surface area contributed by atoms with Gasteiger partial charge in [0.05, 0.1) is 20.8 Å². The molecule has 0 unspecified atom stereocenters. The molecule has 0 heterocycles. The van der Waals surface area contributed by atoms with E-state index in [4.69, 9.17) is 19.9 Å². The first-order valence-electron chi connectivity index (χ1n) is 6.26. The van der Waals surface area contributed by atoms with E-state index in [-0.39, 0.29) is 0 Å². The van der Waals surface area contributed by atoms with Crippen molar-refractivity contribution in [1.82, 2.24) is 0 Å². The molecule has 0 saturated carbocycles. The fourth-order valence-electron chi connectivity index (χ4n) is 1.94. The predicted octanol–water partition coefficient (Wildman–Crippen LogP) is 2.30. The van der Waals surface area contributed by atoms with Gasteiger partial charge in [0.15, 0.2) is 11.5 Å². The lowest BCUT2D eigenvalue weighted by Crippen LogP contribution is -2.08. The maximum Gasteiger partial charge on any atom is 0.203 e. The molecule has 0 amide bonds. The van der Waals surface area contributed by atoms with Crippen LogP contribution in [0.25, 0.3) is 0 Å². The molecule has 4 nitrogen and oxygen atoms in total. The number of benzene rings is 1. The number of methoxy groups -OCH3 is 2. The van der Waals surface area contributed by atoms with Gasteiger partial charge in [-0.3, -0.25) is 0 Å². The van der Waals surface area contributed by atoms with Gasteiger partial charge in [-0.25, -0.2) is 0 Å². The highest BCUT2D eigenvalue weighted by Gasteiger charge is 2.18. The van der Waals surface area contributed by atoms with Crippen molar-refractivity contribution in [3.8, 4) is 17.2 Å². The van der Waals surface area contributed by atoms with Gasteiger partial charge in [0, 0.05) is 5.56 Å². The molecule has 1 rings (SSSR count).